The van der Waals surface area contributed by atoms with Crippen LogP contribution in [0.3, 0.4) is 0 Å². The van der Waals surface area contributed by atoms with Crippen molar-refractivity contribution in [1.29, 1.82) is 0 Å². The molecule has 146 valence electrons. The van der Waals surface area contributed by atoms with E-state index in [0.29, 0.717) is 24.9 Å². The Labute approximate surface area is 173 Å². The van der Waals surface area contributed by atoms with E-state index >= 15 is 0 Å². The molecule has 1 aromatic heterocycles. The van der Waals surface area contributed by atoms with Gasteiger partial charge in [0.05, 0.1) is 6.10 Å². The Hall–Kier alpha value is -1.42. The van der Waals surface area contributed by atoms with Gasteiger partial charge in [0, 0.05) is 45.4 Å². The molecule has 0 atom stereocenters. The zero-order valence-corrected chi connectivity index (χ0v) is 18.2. The summed E-state index contributed by atoms with van der Waals surface area (Å²) < 4.78 is 5.68. The maximum Gasteiger partial charge on any atom is 0.227 e. The number of carbonyl (C=O) groups excluding carboxylic acids is 1. The molecule has 1 fully saturated rings. The minimum absolute atomic E-state index is 0. The monoisotopic (exact) mass is 475 g/mol. The molecule has 0 aliphatic carbocycles. The predicted octanol–water partition coefficient (Wildman–Crippen LogP) is 2.41. The Morgan fingerprint density at radius 3 is 2.73 bits per heavy atom. The molecule has 0 spiro atoms. The molecule has 0 saturated carbocycles. The first-order chi connectivity index (χ1) is 12.1. The van der Waals surface area contributed by atoms with E-state index in [9.17, 15) is 4.79 Å². The molecule has 1 saturated heterocycles. The van der Waals surface area contributed by atoms with Crippen LogP contribution in [0.4, 0.5) is 5.82 Å². The molecule has 1 aliphatic rings. The van der Waals surface area contributed by atoms with Gasteiger partial charge < -0.3 is 20.3 Å². The SMILES string of the molecule is CCOC1CCN(C(=NC)NCCC(=O)Nc2cccc(C)n2)CC1.I. The molecule has 0 unspecified atom stereocenters. The van der Waals surface area contributed by atoms with Gasteiger partial charge in [-0.05, 0) is 38.8 Å². The van der Waals surface area contributed by atoms with Gasteiger partial charge in [0.2, 0.25) is 5.91 Å². The molecule has 0 bridgehead atoms. The van der Waals surface area contributed by atoms with E-state index < -0.39 is 0 Å². The molecule has 2 rings (SSSR count). The van der Waals surface area contributed by atoms with Crippen LogP contribution >= 0.6 is 24.0 Å². The second-order valence-electron chi connectivity index (χ2n) is 6.08. The van der Waals surface area contributed by atoms with E-state index in [1.807, 2.05) is 26.0 Å². The summed E-state index contributed by atoms with van der Waals surface area (Å²) in [5.74, 6) is 1.37. The molecule has 2 N–H and O–H groups in total. The van der Waals surface area contributed by atoms with Gasteiger partial charge in [0.1, 0.15) is 5.82 Å². The van der Waals surface area contributed by atoms with Crippen molar-refractivity contribution in [3.8, 4) is 0 Å². The summed E-state index contributed by atoms with van der Waals surface area (Å²) in [5.41, 5.74) is 0.881. The number of guanidine groups is 1. The summed E-state index contributed by atoms with van der Waals surface area (Å²) in [6.07, 6.45) is 2.73. The first-order valence-corrected chi connectivity index (χ1v) is 8.93. The number of amides is 1. The molecule has 7 nitrogen and oxygen atoms in total. The number of likely N-dealkylation sites (tertiary alicyclic amines) is 1. The Morgan fingerprint density at radius 1 is 1.38 bits per heavy atom. The van der Waals surface area contributed by atoms with E-state index in [4.69, 9.17) is 4.74 Å². The third kappa shape index (κ3) is 7.45. The summed E-state index contributed by atoms with van der Waals surface area (Å²) in [4.78, 5) is 22.8. The standard InChI is InChI=1S/C18H29N5O2.HI/c1-4-25-15-9-12-23(13-10-15)18(19-3)20-11-8-17(24)22-16-7-5-6-14(2)21-16;/h5-7,15H,4,8-13H2,1-3H3,(H,19,20)(H,21,22,24);1H. The van der Waals surface area contributed by atoms with Crippen LogP contribution in [0.15, 0.2) is 23.2 Å². The zero-order valence-electron chi connectivity index (χ0n) is 15.8. The molecule has 8 heteroatoms. The van der Waals surface area contributed by atoms with E-state index in [2.05, 4.69) is 25.5 Å². The van der Waals surface area contributed by atoms with E-state index in [1.54, 1.807) is 13.1 Å². The summed E-state index contributed by atoms with van der Waals surface area (Å²) in [6.45, 7) is 7.08. The second kappa shape index (κ2) is 12.1. The number of rotatable bonds is 6. The van der Waals surface area contributed by atoms with Gasteiger partial charge in [-0.3, -0.25) is 9.79 Å². The number of halogens is 1. The number of piperidine rings is 1. The number of anilines is 1. The summed E-state index contributed by atoms with van der Waals surface area (Å²) in [6, 6.07) is 5.57. The molecular weight excluding hydrogens is 445 g/mol. The van der Waals surface area contributed by atoms with Gasteiger partial charge in [-0.15, -0.1) is 24.0 Å². The first kappa shape index (κ1) is 22.6. The highest BCUT2D eigenvalue weighted by Crippen LogP contribution is 2.13. The molecule has 0 radical (unpaired) electrons. The van der Waals surface area contributed by atoms with Crippen LogP contribution in [0, 0.1) is 6.92 Å². The molecule has 0 aromatic carbocycles. The third-order valence-electron chi connectivity index (χ3n) is 4.15. The maximum atomic E-state index is 12.0. The summed E-state index contributed by atoms with van der Waals surface area (Å²) >= 11 is 0. The van der Waals surface area contributed by atoms with Gasteiger partial charge in [-0.2, -0.15) is 0 Å². The Bertz CT molecular complexity index is 589. The van der Waals surface area contributed by atoms with Crippen LogP contribution < -0.4 is 10.6 Å². The predicted molar refractivity (Wildman–Crippen MR) is 115 cm³/mol. The van der Waals surface area contributed by atoms with Crippen molar-refractivity contribution in [2.45, 2.75) is 39.2 Å². The van der Waals surface area contributed by atoms with Crippen molar-refractivity contribution in [2.75, 3.05) is 38.6 Å². The molecule has 2 heterocycles. The number of nitrogens with one attached hydrogen (secondary N) is 2. The van der Waals surface area contributed by atoms with Crippen molar-refractivity contribution in [1.82, 2.24) is 15.2 Å². The number of pyridine rings is 1. The molecule has 26 heavy (non-hydrogen) atoms. The lowest BCUT2D eigenvalue weighted by atomic mass is 10.1. The number of carbonyl (C=O) groups is 1. The molecule has 1 aromatic rings. The highest BCUT2D eigenvalue weighted by Gasteiger charge is 2.21. The zero-order chi connectivity index (χ0) is 18.1. The van der Waals surface area contributed by atoms with Crippen molar-refractivity contribution < 1.29 is 9.53 Å². The van der Waals surface area contributed by atoms with E-state index in [0.717, 1.165) is 44.2 Å². The lowest BCUT2D eigenvalue weighted by molar-refractivity contribution is -0.116. The molecule has 1 aliphatic heterocycles. The number of aliphatic imine (C=N–C) groups is 1. The third-order valence-corrected chi connectivity index (χ3v) is 4.15. The normalized spacial score (nSPS) is 15.3. The summed E-state index contributed by atoms with van der Waals surface area (Å²) in [7, 11) is 1.77. The minimum atomic E-state index is -0.0592. The molecule has 1 amide bonds. The van der Waals surface area contributed by atoms with Gasteiger partial charge in [-0.1, -0.05) is 6.07 Å². The van der Waals surface area contributed by atoms with Crippen LogP contribution in [-0.2, 0) is 9.53 Å². The number of aryl methyl sites for hydroxylation is 1. The van der Waals surface area contributed by atoms with Crippen LogP contribution in [-0.4, -0.2) is 61.1 Å². The average molecular weight is 475 g/mol. The van der Waals surface area contributed by atoms with Crippen molar-refractivity contribution in [3.63, 3.8) is 0 Å². The number of aromatic nitrogens is 1. The number of nitrogens with zero attached hydrogens (tertiary/aromatic N) is 3. The summed E-state index contributed by atoms with van der Waals surface area (Å²) in [5, 5.41) is 6.08. The lowest BCUT2D eigenvalue weighted by Gasteiger charge is -2.34. The largest absolute Gasteiger partial charge is 0.378 e. The fourth-order valence-electron chi connectivity index (χ4n) is 2.91. The fourth-order valence-corrected chi connectivity index (χ4v) is 2.91. The fraction of sp³-hybridized carbons (Fsp3) is 0.611. The van der Waals surface area contributed by atoms with Gasteiger partial charge in [0.25, 0.3) is 0 Å². The van der Waals surface area contributed by atoms with Crippen molar-refractivity contribution in [2.24, 2.45) is 4.99 Å². The van der Waals surface area contributed by atoms with Crippen LogP contribution in [0.1, 0.15) is 31.9 Å². The van der Waals surface area contributed by atoms with Crippen LogP contribution in [0.5, 0.6) is 0 Å². The lowest BCUT2D eigenvalue weighted by Crippen LogP contribution is -2.47. The quantitative estimate of drug-likeness (QED) is 0.376. The average Bonchev–Trinajstić information content (AvgIpc) is 2.60. The number of hydrogen-bond donors (Lipinski definition) is 2. The second-order valence-corrected chi connectivity index (χ2v) is 6.08. The van der Waals surface area contributed by atoms with Crippen molar-refractivity contribution in [3.05, 3.63) is 23.9 Å². The smallest absolute Gasteiger partial charge is 0.227 e. The highest BCUT2D eigenvalue weighted by molar-refractivity contribution is 14.0. The topological polar surface area (TPSA) is 78.8 Å². The Morgan fingerprint density at radius 2 is 2.12 bits per heavy atom. The highest BCUT2D eigenvalue weighted by atomic mass is 127. The Balaban J connectivity index is 0.00000338. The van der Waals surface area contributed by atoms with Crippen molar-refractivity contribution >= 4 is 41.7 Å². The minimum Gasteiger partial charge on any atom is -0.378 e. The van der Waals surface area contributed by atoms with E-state index in [-0.39, 0.29) is 29.9 Å². The van der Waals surface area contributed by atoms with Gasteiger partial charge in [0.15, 0.2) is 5.96 Å². The van der Waals surface area contributed by atoms with Gasteiger partial charge >= 0.3 is 0 Å². The first-order valence-electron chi connectivity index (χ1n) is 8.93. The molecular formula is C18H30IN5O2. The van der Waals surface area contributed by atoms with Gasteiger partial charge in [-0.25, -0.2) is 4.98 Å². The number of hydrogen-bond acceptors (Lipinski definition) is 4. The maximum absolute atomic E-state index is 12.0. The van der Waals surface area contributed by atoms with E-state index in [1.165, 1.54) is 0 Å². The Kier molecular flexibility index (Phi) is 10.5. The number of ether oxygens (including phenoxy) is 1. The van der Waals surface area contributed by atoms with Crippen LogP contribution in [0.25, 0.3) is 0 Å². The van der Waals surface area contributed by atoms with Crippen LogP contribution in [0.2, 0.25) is 0 Å².